The highest BCUT2D eigenvalue weighted by atomic mass is 16.4. The van der Waals surface area contributed by atoms with Crippen LogP contribution in [0.15, 0.2) is 179 Å². The normalized spacial score (nSPS) is 11.8. The molecule has 0 aliphatic carbocycles. The number of aromatic nitrogens is 3. The maximum atomic E-state index is 9.55. The lowest BCUT2D eigenvalue weighted by Crippen LogP contribution is -2.09. The van der Waals surface area contributed by atoms with Gasteiger partial charge in [-0.3, -0.25) is 4.98 Å². The van der Waals surface area contributed by atoms with Crippen molar-refractivity contribution < 1.29 is 10.2 Å². The van der Waals surface area contributed by atoms with Gasteiger partial charge in [0.05, 0.1) is 6.89 Å². The molecule has 0 aliphatic rings. The monoisotopic (exact) mass is 657 g/mol. The van der Waals surface area contributed by atoms with E-state index in [0.717, 1.165) is 83.2 Å². The van der Waals surface area contributed by atoms with E-state index in [1.54, 1.807) is 0 Å². The van der Waals surface area contributed by atoms with Gasteiger partial charge in [0, 0.05) is 45.3 Å². The second-order valence-corrected chi connectivity index (χ2v) is 12.4. The number of rotatable bonds is 6. The first-order valence-electron chi connectivity index (χ1n) is 17.3. The molecule has 0 saturated carbocycles. The van der Waals surface area contributed by atoms with Crippen molar-refractivity contribution in [1.82, 2.24) is 15.0 Å². The van der Waals surface area contributed by atoms with Gasteiger partial charge in [0.25, 0.3) is 0 Å². The molecule has 0 N–H and O–H groups in total. The van der Waals surface area contributed by atoms with Crippen LogP contribution in [0, 0.1) is 0 Å². The third-order valence-corrected chi connectivity index (χ3v) is 9.25. The minimum Gasteiger partial charge on any atom is -0.436 e. The smallest absolute Gasteiger partial charge is 0.227 e. The van der Waals surface area contributed by atoms with E-state index in [0.29, 0.717) is 17.8 Å². The van der Waals surface area contributed by atoms with E-state index >= 15 is 0 Å². The van der Waals surface area contributed by atoms with E-state index < -0.39 is 0 Å². The van der Waals surface area contributed by atoms with Crippen molar-refractivity contribution >= 4 is 60.9 Å². The molecule has 7 aromatic carbocycles. The summed E-state index contributed by atoms with van der Waals surface area (Å²) in [5.74, 6) is 1.12. The van der Waals surface area contributed by atoms with E-state index in [2.05, 4.69) is 52.3 Å². The van der Waals surface area contributed by atoms with E-state index in [9.17, 15) is 1.37 Å². The first-order chi connectivity index (χ1) is 25.7. The summed E-state index contributed by atoms with van der Waals surface area (Å²) in [6, 6.07) is 52.8. The quantitative estimate of drug-likeness (QED) is 0.177. The van der Waals surface area contributed by atoms with Gasteiger partial charge in [-0.2, -0.15) is 0 Å². The molecule has 51 heavy (non-hydrogen) atoms. The van der Waals surface area contributed by atoms with Gasteiger partial charge in [0.2, 0.25) is 11.8 Å². The Hall–Kier alpha value is -7.05. The number of oxazole rings is 2. The number of hydrogen-bond donors (Lipinski definition) is 0. The van der Waals surface area contributed by atoms with Crippen molar-refractivity contribution in [2.45, 2.75) is 0 Å². The van der Waals surface area contributed by atoms with Crippen LogP contribution in [0.3, 0.4) is 0 Å². The fraction of sp³-hybridized carbons (Fsp3) is 0. The van der Waals surface area contributed by atoms with Crippen LogP contribution in [-0.4, -0.2) is 15.0 Å². The molecule has 0 unspecified atom stereocenters. The molecule has 3 aromatic heterocycles. The fourth-order valence-corrected chi connectivity index (χ4v) is 6.72. The van der Waals surface area contributed by atoms with Gasteiger partial charge in [-0.25, -0.2) is 9.97 Å². The van der Waals surface area contributed by atoms with E-state index in [1.165, 1.54) is 0 Å². The number of pyridine rings is 1. The van der Waals surface area contributed by atoms with Gasteiger partial charge in [0.15, 0.2) is 11.2 Å². The first kappa shape index (κ1) is 27.9. The van der Waals surface area contributed by atoms with Gasteiger partial charge >= 0.3 is 0 Å². The summed E-state index contributed by atoms with van der Waals surface area (Å²) in [6.07, 6.45) is 1.83. The summed E-state index contributed by atoms with van der Waals surface area (Å²) in [4.78, 5) is 16.2. The largest absolute Gasteiger partial charge is 0.436 e. The van der Waals surface area contributed by atoms with Crippen LogP contribution in [0.2, 0.25) is 0 Å². The van der Waals surface area contributed by atoms with Crippen LogP contribution in [0.4, 0.5) is 17.1 Å². The Morgan fingerprint density at radius 1 is 0.471 bits per heavy atom. The number of anilines is 3. The molecule has 6 heteroatoms. The lowest BCUT2D eigenvalue weighted by molar-refractivity contribution is 0.619. The Morgan fingerprint density at radius 2 is 1.04 bits per heavy atom. The highest BCUT2D eigenvalue weighted by Gasteiger charge is 2.17. The standard InChI is InChI=1S/C45H28N4O2/c1-3-12-41-39(10-1)47-44(50-41)30-16-21-35(22-17-30)49(36-23-18-31(19-24-36)45-48-40-11-2-4-13-42(40)51-45)37-25-20-32-27-34(15-14-33(32)28-37)38-9-5-7-29-8-6-26-46-43(29)38/h1-28H/i28D. The summed E-state index contributed by atoms with van der Waals surface area (Å²) >= 11 is 0. The Morgan fingerprint density at radius 3 is 1.69 bits per heavy atom. The summed E-state index contributed by atoms with van der Waals surface area (Å²) in [5, 5.41) is 2.93. The van der Waals surface area contributed by atoms with Crippen molar-refractivity contribution in [2.75, 3.05) is 4.90 Å². The molecule has 0 radical (unpaired) electrons. The third-order valence-electron chi connectivity index (χ3n) is 9.25. The third kappa shape index (κ3) is 5.18. The average Bonchev–Trinajstić information content (AvgIpc) is 3.84. The van der Waals surface area contributed by atoms with Crippen LogP contribution in [0.1, 0.15) is 1.37 Å². The molecular weight excluding hydrogens is 629 g/mol. The predicted molar refractivity (Wildman–Crippen MR) is 205 cm³/mol. The molecule has 10 rings (SSSR count). The van der Waals surface area contributed by atoms with E-state index in [4.69, 9.17) is 18.8 Å². The molecule has 10 aromatic rings. The molecule has 240 valence electrons. The molecule has 0 bridgehead atoms. The van der Waals surface area contributed by atoms with Gasteiger partial charge in [0.1, 0.15) is 11.0 Å². The maximum absolute atomic E-state index is 9.55. The Labute approximate surface area is 294 Å². The minimum absolute atomic E-state index is 0.422. The lowest BCUT2D eigenvalue weighted by atomic mass is 9.98. The number of benzene rings is 7. The maximum Gasteiger partial charge on any atom is 0.227 e. The van der Waals surface area contributed by atoms with E-state index in [1.807, 2.05) is 121 Å². The topological polar surface area (TPSA) is 68.2 Å². The number of fused-ring (bicyclic) bond motifs is 4. The zero-order valence-corrected chi connectivity index (χ0v) is 27.2. The van der Waals surface area contributed by atoms with Crippen molar-refractivity contribution in [3.05, 3.63) is 170 Å². The zero-order valence-electron chi connectivity index (χ0n) is 28.2. The lowest BCUT2D eigenvalue weighted by Gasteiger charge is -2.26. The number of nitrogens with zero attached hydrogens (tertiary/aromatic N) is 4. The minimum atomic E-state index is 0.422. The van der Waals surface area contributed by atoms with Crippen LogP contribution in [-0.2, 0) is 0 Å². The van der Waals surface area contributed by atoms with Gasteiger partial charge < -0.3 is 13.7 Å². The molecule has 0 atom stereocenters. The van der Waals surface area contributed by atoms with Crippen molar-refractivity contribution in [1.29, 1.82) is 0 Å². The first-order valence-corrected chi connectivity index (χ1v) is 16.8. The molecule has 0 fully saturated rings. The fourth-order valence-electron chi connectivity index (χ4n) is 6.72. The highest BCUT2D eigenvalue weighted by Crippen LogP contribution is 2.39. The second kappa shape index (κ2) is 11.8. The summed E-state index contributed by atoms with van der Waals surface area (Å²) in [6.45, 7) is 0. The molecule has 0 aliphatic heterocycles. The Bertz CT molecular complexity index is 2740. The predicted octanol–water partition coefficient (Wildman–Crippen LogP) is 12.1. The van der Waals surface area contributed by atoms with Crippen LogP contribution in [0.5, 0.6) is 0 Å². The number of para-hydroxylation sites is 5. The van der Waals surface area contributed by atoms with Gasteiger partial charge in [-0.05, 0) is 113 Å². The van der Waals surface area contributed by atoms with Crippen molar-refractivity contribution in [3.8, 4) is 34.0 Å². The Kier molecular flexibility index (Phi) is 6.46. The van der Waals surface area contributed by atoms with Gasteiger partial charge in [-0.15, -0.1) is 0 Å². The number of hydrogen-bond acceptors (Lipinski definition) is 6. The molecule has 0 saturated heterocycles. The van der Waals surface area contributed by atoms with Gasteiger partial charge in [-0.1, -0.05) is 66.7 Å². The molecular formula is C45H28N4O2. The second-order valence-electron chi connectivity index (χ2n) is 12.4. The van der Waals surface area contributed by atoms with Crippen molar-refractivity contribution in [3.63, 3.8) is 0 Å². The van der Waals surface area contributed by atoms with Crippen molar-refractivity contribution in [2.24, 2.45) is 0 Å². The van der Waals surface area contributed by atoms with Crippen LogP contribution >= 0.6 is 0 Å². The zero-order chi connectivity index (χ0) is 34.6. The summed E-state index contributed by atoms with van der Waals surface area (Å²) < 4.78 is 21.7. The SMILES string of the molecule is [2H]c1c(N(c2ccc(-c3nc4ccccc4o3)cc2)c2ccc(-c3nc4ccccc4o3)cc2)ccc2cc(-c3cccc4cccnc34)ccc12. The van der Waals surface area contributed by atoms with E-state index in [-0.39, 0.29) is 0 Å². The molecule has 3 heterocycles. The average molecular weight is 658 g/mol. The Balaban J connectivity index is 1.07. The molecule has 0 spiro atoms. The molecule has 0 amide bonds. The van der Waals surface area contributed by atoms with Crippen LogP contribution < -0.4 is 4.90 Å². The van der Waals surface area contributed by atoms with Crippen LogP contribution in [0.25, 0.3) is 77.9 Å². The summed E-state index contributed by atoms with van der Waals surface area (Å²) in [5.41, 5.74) is 10.5. The summed E-state index contributed by atoms with van der Waals surface area (Å²) in [7, 11) is 0. The molecule has 6 nitrogen and oxygen atoms in total. The highest BCUT2D eigenvalue weighted by molar-refractivity contribution is 5.98.